The van der Waals surface area contributed by atoms with Crippen LogP contribution in [0.1, 0.15) is 58.1 Å². The van der Waals surface area contributed by atoms with Crippen molar-refractivity contribution in [1.29, 1.82) is 0 Å². The van der Waals surface area contributed by atoms with Gasteiger partial charge in [-0.05, 0) is 37.0 Å². The van der Waals surface area contributed by atoms with Crippen molar-refractivity contribution in [3.05, 3.63) is 23.8 Å². The summed E-state index contributed by atoms with van der Waals surface area (Å²) in [4.78, 5) is 37.9. The second kappa shape index (κ2) is 8.91. The number of likely N-dealkylation sites (tertiary alicyclic amines) is 1. The molecule has 1 saturated heterocycles. The first-order valence-corrected chi connectivity index (χ1v) is 10.2. The van der Waals surface area contributed by atoms with Gasteiger partial charge in [-0.1, -0.05) is 33.3 Å². The van der Waals surface area contributed by atoms with Crippen LogP contribution in [0, 0.1) is 5.41 Å². The minimum atomic E-state index is -1.15. The molecular weight excluding hydrogens is 392 g/mol. The lowest BCUT2D eigenvalue weighted by molar-refractivity contribution is -0.213. The van der Waals surface area contributed by atoms with Crippen LogP contribution in [0.15, 0.2) is 18.2 Å². The number of carboxylic acids is 1. The van der Waals surface area contributed by atoms with Gasteiger partial charge in [-0.2, -0.15) is 0 Å². The number of ether oxygens (including phenoxy) is 3. The molecule has 9 nitrogen and oxygen atoms in total. The first kappa shape index (κ1) is 21.9. The summed E-state index contributed by atoms with van der Waals surface area (Å²) in [7, 11) is 0. The Kier molecular flexibility index (Phi) is 6.50. The van der Waals surface area contributed by atoms with E-state index in [0.717, 1.165) is 16.9 Å². The summed E-state index contributed by atoms with van der Waals surface area (Å²) >= 11 is 0. The third-order valence-electron chi connectivity index (χ3n) is 5.87. The molecule has 0 saturated carbocycles. The zero-order valence-corrected chi connectivity index (χ0v) is 17.5. The van der Waals surface area contributed by atoms with Crippen LogP contribution in [0.2, 0.25) is 0 Å². The molecule has 2 N–H and O–H groups in total. The Morgan fingerprint density at radius 3 is 2.60 bits per heavy atom. The van der Waals surface area contributed by atoms with Crippen LogP contribution < -0.4 is 14.8 Å². The molecule has 0 aliphatic carbocycles. The van der Waals surface area contributed by atoms with Gasteiger partial charge in [-0.25, -0.2) is 14.5 Å². The van der Waals surface area contributed by atoms with Crippen molar-refractivity contribution in [3.8, 4) is 11.5 Å². The monoisotopic (exact) mass is 420 g/mol. The van der Waals surface area contributed by atoms with Crippen molar-refractivity contribution < 1.29 is 33.7 Å². The van der Waals surface area contributed by atoms with Crippen molar-refractivity contribution in [1.82, 2.24) is 10.2 Å². The molecule has 1 fully saturated rings. The van der Waals surface area contributed by atoms with Gasteiger partial charge in [0.25, 0.3) is 0 Å². The molecule has 2 aliphatic heterocycles. The Balaban J connectivity index is 1.78. The SMILES string of the molecule is CCCC(NC(=O)N1C(=O)C(CC)(CC)C1OCC(=O)O)c1ccc2c(c1)OCO2. The number of aliphatic carboxylic acids is 1. The molecule has 0 aromatic heterocycles. The van der Waals surface area contributed by atoms with E-state index in [1.807, 2.05) is 32.9 Å². The van der Waals surface area contributed by atoms with E-state index in [2.05, 4.69) is 5.32 Å². The van der Waals surface area contributed by atoms with E-state index in [4.69, 9.17) is 19.3 Å². The topological polar surface area (TPSA) is 114 Å². The highest BCUT2D eigenvalue weighted by molar-refractivity contribution is 6.03. The van der Waals surface area contributed by atoms with Gasteiger partial charge in [0, 0.05) is 0 Å². The van der Waals surface area contributed by atoms with Crippen LogP contribution in [-0.2, 0) is 14.3 Å². The zero-order valence-electron chi connectivity index (χ0n) is 17.5. The summed E-state index contributed by atoms with van der Waals surface area (Å²) in [6.07, 6.45) is 1.46. The fourth-order valence-corrected chi connectivity index (χ4v) is 4.08. The van der Waals surface area contributed by atoms with Gasteiger partial charge in [0.2, 0.25) is 12.7 Å². The maximum Gasteiger partial charge on any atom is 0.329 e. The Hall–Kier alpha value is -2.81. The minimum Gasteiger partial charge on any atom is -0.480 e. The van der Waals surface area contributed by atoms with Crippen LogP contribution in [-0.4, -0.2) is 47.5 Å². The summed E-state index contributed by atoms with van der Waals surface area (Å²) < 4.78 is 16.2. The van der Waals surface area contributed by atoms with Gasteiger partial charge in [-0.15, -0.1) is 0 Å². The molecule has 1 aromatic rings. The molecule has 2 atom stereocenters. The van der Waals surface area contributed by atoms with Crippen molar-refractivity contribution >= 4 is 17.9 Å². The number of carbonyl (C=O) groups is 3. The van der Waals surface area contributed by atoms with E-state index < -0.39 is 30.3 Å². The van der Waals surface area contributed by atoms with E-state index in [0.29, 0.717) is 30.8 Å². The fraction of sp³-hybridized carbons (Fsp3) is 0.571. The number of benzene rings is 1. The first-order valence-electron chi connectivity index (χ1n) is 10.2. The standard InChI is InChI=1S/C21H28N2O7/c1-4-7-14(13-8-9-15-16(10-13)30-12-29-15)22-20(27)23-18(26)21(5-2,6-3)19(23)28-11-17(24)25/h8-10,14,19H,4-7,11-12H2,1-3H3,(H,22,27)(H,24,25). The average Bonchev–Trinajstić information content (AvgIpc) is 3.19. The number of β-lactam (4-membered cyclic amide) rings is 1. The fourth-order valence-electron chi connectivity index (χ4n) is 4.08. The Labute approximate surface area is 175 Å². The Morgan fingerprint density at radius 2 is 1.97 bits per heavy atom. The third kappa shape index (κ3) is 3.81. The molecule has 2 aliphatic rings. The lowest BCUT2D eigenvalue weighted by Gasteiger charge is -2.53. The zero-order chi connectivity index (χ0) is 21.9. The highest BCUT2D eigenvalue weighted by atomic mass is 16.7. The maximum absolute atomic E-state index is 13.0. The van der Waals surface area contributed by atoms with Crippen molar-refractivity contribution in [2.45, 2.75) is 58.7 Å². The molecule has 2 heterocycles. The lowest BCUT2D eigenvalue weighted by Crippen LogP contribution is -2.72. The van der Waals surface area contributed by atoms with Gasteiger partial charge in [0.05, 0.1) is 11.5 Å². The average molecular weight is 420 g/mol. The van der Waals surface area contributed by atoms with Crippen molar-refractivity contribution in [2.75, 3.05) is 13.4 Å². The number of hydrogen-bond donors (Lipinski definition) is 2. The smallest absolute Gasteiger partial charge is 0.329 e. The van der Waals surface area contributed by atoms with Crippen LogP contribution in [0.4, 0.5) is 4.79 Å². The molecule has 3 rings (SSSR count). The van der Waals surface area contributed by atoms with Crippen LogP contribution in [0.25, 0.3) is 0 Å². The number of urea groups is 1. The molecule has 3 amide bonds. The number of amides is 3. The highest BCUT2D eigenvalue weighted by Gasteiger charge is 2.62. The van der Waals surface area contributed by atoms with Gasteiger partial charge in [-0.3, -0.25) is 4.79 Å². The third-order valence-corrected chi connectivity index (χ3v) is 5.87. The summed E-state index contributed by atoms with van der Waals surface area (Å²) in [5.74, 6) is -0.237. The molecule has 1 aromatic carbocycles. The first-order chi connectivity index (χ1) is 14.4. The quantitative estimate of drug-likeness (QED) is 0.590. The van der Waals surface area contributed by atoms with E-state index in [1.165, 1.54) is 0 Å². The summed E-state index contributed by atoms with van der Waals surface area (Å²) in [6.45, 7) is 5.24. The number of carboxylic acid groups (broad SMARTS) is 1. The van der Waals surface area contributed by atoms with Crippen LogP contribution >= 0.6 is 0 Å². The molecule has 9 heteroatoms. The molecule has 0 bridgehead atoms. The van der Waals surface area contributed by atoms with Crippen molar-refractivity contribution in [2.24, 2.45) is 5.41 Å². The van der Waals surface area contributed by atoms with Gasteiger partial charge >= 0.3 is 12.0 Å². The van der Waals surface area contributed by atoms with E-state index >= 15 is 0 Å². The van der Waals surface area contributed by atoms with Crippen LogP contribution in [0.3, 0.4) is 0 Å². The number of nitrogens with one attached hydrogen (secondary N) is 1. The number of nitrogens with zero attached hydrogens (tertiary/aromatic N) is 1. The number of imide groups is 1. The largest absolute Gasteiger partial charge is 0.480 e. The number of carbonyl (C=O) groups excluding carboxylic acids is 2. The highest BCUT2D eigenvalue weighted by Crippen LogP contribution is 2.46. The predicted octanol–water partition coefficient (Wildman–Crippen LogP) is 3.04. The lowest BCUT2D eigenvalue weighted by atomic mass is 9.72. The molecular formula is C21H28N2O7. The maximum atomic E-state index is 13.0. The minimum absolute atomic E-state index is 0.157. The van der Waals surface area contributed by atoms with Crippen molar-refractivity contribution in [3.63, 3.8) is 0 Å². The van der Waals surface area contributed by atoms with E-state index in [1.54, 1.807) is 6.07 Å². The second-order valence-corrected chi connectivity index (χ2v) is 7.50. The summed E-state index contributed by atoms with van der Waals surface area (Å²) in [5, 5.41) is 11.9. The molecule has 0 spiro atoms. The molecule has 30 heavy (non-hydrogen) atoms. The molecule has 2 unspecified atom stereocenters. The normalized spacial score (nSPS) is 19.9. The molecule has 164 valence electrons. The number of rotatable bonds is 9. The number of hydrogen-bond acceptors (Lipinski definition) is 6. The van der Waals surface area contributed by atoms with E-state index in [9.17, 15) is 14.4 Å². The van der Waals surface area contributed by atoms with Gasteiger partial charge in [0.1, 0.15) is 6.61 Å². The van der Waals surface area contributed by atoms with E-state index in [-0.39, 0.29) is 18.7 Å². The predicted molar refractivity (Wildman–Crippen MR) is 106 cm³/mol. The summed E-state index contributed by atoms with van der Waals surface area (Å²) in [6, 6.07) is 4.53. The van der Waals surface area contributed by atoms with Crippen LogP contribution in [0.5, 0.6) is 11.5 Å². The Bertz CT molecular complexity index is 822. The molecule has 0 radical (unpaired) electrons. The number of fused-ring (bicyclic) bond motifs is 1. The van der Waals surface area contributed by atoms with Gasteiger partial charge < -0.3 is 24.6 Å². The summed E-state index contributed by atoms with van der Waals surface area (Å²) in [5.41, 5.74) is -0.0473. The van der Waals surface area contributed by atoms with Gasteiger partial charge in [0.15, 0.2) is 17.7 Å². The Morgan fingerprint density at radius 1 is 1.27 bits per heavy atom. The second-order valence-electron chi connectivity index (χ2n) is 7.50.